The minimum atomic E-state index is -0.218. The average molecular weight is 397 g/mol. The summed E-state index contributed by atoms with van der Waals surface area (Å²) in [6.45, 7) is 1.03. The number of benzene rings is 2. The van der Waals surface area contributed by atoms with Gasteiger partial charge >= 0.3 is 6.03 Å². The number of nitrogens with zero attached hydrogens (tertiary/aromatic N) is 3. The molecule has 150 valence electrons. The zero-order valence-electron chi connectivity index (χ0n) is 16.5. The first kappa shape index (κ1) is 19.4. The van der Waals surface area contributed by atoms with Crippen molar-refractivity contribution in [1.29, 1.82) is 0 Å². The molecular formula is C24H23N5O. The Bertz CT molecular complexity index is 1020. The number of urea groups is 1. The van der Waals surface area contributed by atoms with Crippen LogP contribution in [0.1, 0.15) is 17.2 Å². The number of nitrogens with one attached hydrogen (secondary N) is 2. The molecule has 0 bridgehead atoms. The van der Waals surface area contributed by atoms with Crippen molar-refractivity contribution in [3.63, 3.8) is 0 Å². The number of aromatic nitrogens is 3. The molecule has 6 heteroatoms. The largest absolute Gasteiger partial charge is 0.336 e. The van der Waals surface area contributed by atoms with Crippen LogP contribution in [0, 0.1) is 0 Å². The molecular weight excluding hydrogens is 374 g/mol. The Morgan fingerprint density at radius 1 is 0.833 bits per heavy atom. The Morgan fingerprint density at radius 3 is 2.13 bits per heavy atom. The van der Waals surface area contributed by atoms with Gasteiger partial charge < -0.3 is 10.6 Å². The standard InChI is InChI=1S/C24H23N5O/c30-24(26-16-18-29-17-14-22(28-29)21-13-7-8-15-25-21)27-23(19-9-3-1-4-10-19)20-11-5-2-6-12-20/h1-15,17,23H,16,18H2,(H2,26,27,30). The van der Waals surface area contributed by atoms with Gasteiger partial charge in [0.05, 0.1) is 18.3 Å². The van der Waals surface area contributed by atoms with E-state index >= 15 is 0 Å². The maximum Gasteiger partial charge on any atom is 0.315 e. The van der Waals surface area contributed by atoms with Gasteiger partial charge in [-0.3, -0.25) is 9.67 Å². The quantitative estimate of drug-likeness (QED) is 0.494. The normalized spacial score (nSPS) is 10.7. The molecule has 0 saturated carbocycles. The molecule has 0 saturated heterocycles. The van der Waals surface area contributed by atoms with E-state index in [1.165, 1.54) is 0 Å². The molecule has 2 amide bonds. The molecule has 0 aliphatic rings. The molecule has 0 aliphatic heterocycles. The molecule has 2 N–H and O–H groups in total. The first-order valence-electron chi connectivity index (χ1n) is 9.89. The number of pyridine rings is 1. The Labute approximate surface area is 175 Å². The zero-order chi connectivity index (χ0) is 20.6. The van der Waals surface area contributed by atoms with Gasteiger partial charge in [0.1, 0.15) is 5.69 Å². The van der Waals surface area contributed by atoms with Crippen LogP contribution in [0.25, 0.3) is 11.4 Å². The lowest BCUT2D eigenvalue weighted by atomic mass is 9.99. The first-order valence-corrected chi connectivity index (χ1v) is 9.89. The van der Waals surface area contributed by atoms with E-state index in [2.05, 4.69) is 20.7 Å². The molecule has 0 fully saturated rings. The van der Waals surface area contributed by atoms with Crippen molar-refractivity contribution in [2.45, 2.75) is 12.6 Å². The lowest BCUT2D eigenvalue weighted by molar-refractivity contribution is 0.238. The van der Waals surface area contributed by atoms with Crippen LogP contribution in [-0.2, 0) is 6.54 Å². The predicted octanol–water partition coefficient (Wildman–Crippen LogP) is 4.03. The van der Waals surface area contributed by atoms with Crippen molar-refractivity contribution in [1.82, 2.24) is 25.4 Å². The van der Waals surface area contributed by atoms with Gasteiger partial charge in [0, 0.05) is 18.9 Å². The maximum atomic E-state index is 12.6. The molecule has 4 rings (SSSR count). The Hall–Kier alpha value is -3.93. The minimum Gasteiger partial charge on any atom is -0.336 e. The van der Waals surface area contributed by atoms with Gasteiger partial charge in [-0.05, 0) is 29.3 Å². The second kappa shape index (κ2) is 9.52. The predicted molar refractivity (Wildman–Crippen MR) is 117 cm³/mol. The van der Waals surface area contributed by atoms with Crippen molar-refractivity contribution in [2.75, 3.05) is 6.54 Å². The van der Waals surface area contributed by atoms with Gasteiger partial charge in [-0.2, -0.15) is 5.10 Å². The molecule has 2 aromatic carbocycles. The number of hydrogen-bond acceptors (Lipinski definition) is 3. The third-order valence-electron chi connectivity index (χ3n) is 4.74. The highest BCUT2D eigenvalue weighted by Gasteiger charge is 2.16. The van der Waals surface area contributed by atoms with E-state index in [0.29, 0.717) is 13.1 Å². The number of carbonyl (C=O) groups excluding carboxylic acids is 1. The summed E-state index contributed by atoms with van der Waals surface area (Å²) >= 11 is 0. The highest BCUT2D eigenvalue weighted by molar-refractivity contribution is 5.75. The number of amides is 2. The van der Waals surface area contributed by atoms with Crippen LogP contribution < -0.4 is 10.6 Å². The lowest BCUT2D eigenvalue weighted by Gasteiger charge is -2.20. The van der Waals surface area contributed by atoms with Crippen molar-refractivity contribution in [2.24, 2.45) is 0 Å². The number of rotatable bonds is 7. The van der Waals surface area contributed by atoms with Crippen LogP contribution in [0.4, 0.5) is 4.79 Å². The topological polar surface area (TPSA) is 71.8 Å². The van der Waals surface area contributed by atoms with Gasteiger partial charge in [-0.25, -0.2) is 4.79 Å². The second-order valence-corrected chi connectivity index (χ2v) is 6.83. The van der Waals surface area contributed by atoms with Crippen molar-refractivity contribution >= 4 is 6.03 Å². The summed E-state index contributed by atoms with van der Waals surface area (Å²) in [4.78, 5) is 16.9. The highest BCUT2D eigenvalue weighted by Crippen LogP contribution is 2.21. The number of hydrogen-bond donors (Lipinski definition) is 2. The third kappa shape index (κ3) is 4.91. The first-order chi connectivity index (χ1) is 14.8. The van der Waals surface area contributed by atoms with Crippen molar-refractivity contribution in [3.05, 3.63) is 108 Å². The molecule has 0 unspecified atom stereocenters. The van der Waals surface area contributed by atoms with Crippen LogP contribution in [0.15, 0.2) is 97.3 Å². The van der Waals surface area contributed by atoms with E-state index in [1.807, 2.05) is 91.1 Å². The summed E-state index contributed by atoms with van der Waals surface area (Å²) < 4.78 is 1.80. The molecule has 30 heavy (non-hydrogen) atoms. The van der Waals surface area contributed by atoms with Crippen LogP contribution in [-0.4, -0.2) is 27.3 Å². The van der Waals surface area contributed by atoms with E-state index in [0.717, 1.165) is 22.5 Å². The summed E-state index contributed by atoms with van der Waals surface area (Å²) in [6, 6.07) is 27.1. The molecule has 0 radical (unpaired) electrons. The smallest absolute Gasteiger partial charge is 0.315 e. The van der Waals surface area contributed by atoms with Crippen molar-refractivity contribution in [3.8, 4) is 11.4 Å². The summed E-state index contributed by atoms with van der Waals surface area (Å²) in [5.74, 6) is 0. The van der Waals surface area contributed by atoms with Crippen LogP contribution >= 0.6 is 0 Å². The SMILES string of the molecule is O=C(NCCn1ccc(-c2ccccn2)n1)NC(c1ccccc1)c1ccccc1. The molecule has 2 heterocycles. The summed E-state index contributed by atoms with van der Waals surface area (Å²) in [5.41, 5.74) is 3.71. The average Bonchev–Trinajstić information content (AvgIpc) is 3.28. The Kier molecular flexibility index (Phi) is 6.15. The second-order valence-electron chi connectivity index (χ2n) is 6.83. The van der Waals surface area contributed by atoms with E-state index in [1.54, 1.807) is 10.9 Å². The fraction of sp³-hybridized carbons (Fsp3) is 0.125. The van der Waals surface area contributed by atoms with Gasteiger partial charge in [0.25, 0.3) is 0 Å². The highest BCUT2D eigenvalue weighted by atomic mass is 16.2. The fourth-order valence-corrected chi connectivity index (χ4v) is 3.25. The van der Waals surface area contributed by atoms with Gasteiger partial charge in [0.2, 0.25) is 0 Å². The fourth-order valence-electron chi connectivity index (χ4n) is 3.25. The Morgan fingerprint density at radius 2 is 1.50 bits per heavy atom. The third-order valence-corrected chi connectivity index (χ3v) is 4.74. The minimum absolute atomic E-state index is 0.215. The van der Waals surface area contributed by atoms with E-state index in [4.69, 9.17) is 0 Å². The molecule has 0 spiro atoms. The monoisotopic (exact) mass is 397 g/mol. The summed E-state index contributed by atoms with van der Waals surface area (Å²) in [7, 11) is 0. The lowest BCUT2D eigenvalue weighted by Crippen LogP contribution is -2.39. The molecule has 2 aromatic heterocycles. The Balaban J connectivity index is 1.35. The molecule has 6 nitrogen and oxygen atoms in total. The van der Waals surface area contributed by atoms with Crippen LogP contribution in [0.2, 0.25) is 0 Å². The van der Waals surface area contributed by atoms with Crippen LogP contribution in [0.3, 0.4) is 0 Å². The molecule has 0 atom stereocenters. The summed E-state index contributed by atoms with van der Waals surface area (Å²) in [5, 5.41) is 10.5. The van der Waals surface area contributed by atoms with Gasteiger partial charge in [-0.15, -0.1) is 0 Å². The van der Waals surface area contributed by atoms with Crippen molar-refractivity contribution < 1.29 is 4.79 Å². The maximum absolute atomic E-state index is 12.6. The summed E-state index contributed by atoms with van der Waals surface area (Å²) in [6.07, 6.45) is 3.64. The van der Waals surface area contributed by atoms with E-state index in [9.17, 15) is 4.79 Å². The van der Waals surface area contributed by atoms with Gasteiger partial charge in [-0.1, -0.05) is 66.7 Å². The zero-order valence-corrected chi connectivity index (χ0v) is 16.5. The van der Waals surface area contributed by atoms with Gasteiger partial charge in [0.15, 0.2) is 0 Å². The molecule has 0 aliphatic carbocycles. The van der Waals surface area contributed by atoms with E-state index in [-0.39, 0.29) is 12.1 Å². The van der Waals surface area contributed by atoms with Crippen LogP contribution in [0.5, 0.6) is 0 Å². The van der Waals surface area contributed by atoms with E-state index < -0.39 is 0 Å². The molecule has 4 aromatic rings. The number of carbonyl (C=O) groups is 1.